The molecule has 4 aromatic rings. The van der Waals surface area contributed by atoms with Gasteiger partial charge in [0, 0.05) is 19.5 Å². The summed E-state index contributed by atoms with van der Waals surface area (Å²) >= 11 is 0. The Bertz CT molecular complexity index is 1130. The lowest BCUT2D eigenvalue weighted by Gasteiger charge is -2.34. The van der Waals surface area contributed by atoms with Crippen LogP contribution >= 0.6 is 0 Å². The molecule has 0 bridgehead atoms. The summed E-state index contributed by atoms with van der Waals surface area (Å²) in [6.07, 6.45) is 2.06. The number of rotatable bonds is 6. The van der Waals surface area contributed by atoms with Gasteiger partial charge in [-0.05, 0) is 42.6 Å². The number of oxazole rings is 1. The zero-order chi connectivity index (χ0) is 22.6. The van der Waals surface area contributed by atoms with E-state index >= 15 is 0 Å². The highest BCUT2D eigenvalue weighted by Crippen LogP contribution is 2.30. The highest BCUT2D eigenvalue weighted by molar-refractivity contribution is 5.79. The van der Waals surface area contributed by atoms with E-state index in [0.29, 0.717) is 6.54 Å². The van der Waals surface area contributed by atoms with Crippen LogP contribution in [0.4, 0.5) is 0 Å². The van der Waals surface area contributed by atoms with Crippen LogP contribution in [0.25, 0.3) is 11.1 Å². The molecule has 5 rings (SSSR count). The lowest BCUT2D eigenvalue weighted by atomic mass is 9.96. The van der Waals surface area contributed by atoms with Gasteiger partial charge in [-0.15, -0.1) is 0 Å². The largest absolute Gasteiger partial charge is 0.440 e. The first kappa shape index (κ1) is 21.4. The quantitative estimate of drug-likeness (QED) is 0.411. The van der Waals surface area contributed by atoms with Crippen LogP contribution in [0.2, 0.25) is 0 Å². The van der Waals surface area contributed by atoms with E-state index in [0.717, 1.165) is 54.0 Å². The number of likely N-dealkylation sites (tertiary alicyclic amines) is 1. The van der Waals surface area contributed by atoms with Gasteiger partial charge in [0.2, 0.25) is 5.91 Å². The molecule has 1 fully saturated rings. The summed E-state index contributed by atoms with van der Waals surface area (Å²) in [5.41, 5.74) is 3.95. The third kappa shape index (κ3) is 4.69. The highest BCUT2D eigenvalue weighted by Gasteiger charge is 2.29. The first-order valence-electron chi connectivity index (χ1n) is 11.6. The predicted octanol–water partition coefficient (Wildman–Crippen LogP) is 5.26. The topological polar surface area (TPSA) is 49.6 Å². The van der Waals surface area contributed by atoms with Crippen molar-refractivity contribution in [3.8, 4) is 0 Å². The monoisotopic (exact) mass is 439 g/mol. The second-order valence-electron chi connectivity index (χ2n) is 8.82. The lowest BCUT2D eigenvalue weighted by Crippen LogP contribution is -2.43. The number of hydrogen-bond acceptors (Lipinski definition) is 4. The Morgan fingerprint density at radius 1 is 1.00 bits per heavy atom. The number of aromatic nitrogens is 1. The van der Waals surface area contributed by atoms with E-state index in [-0.39, 0.29) is 17.9 Å². The van der Waals surface area contributed by atoms with Gasteiger partial charge in [0.1, 0.15) is 5.52 Å². The number of carbonyl (C=O) groups excluding carboxylic acids is 1. The number of piperidine rings is 1. The third-order valence-corrected chi connectivity index (χ3v) is 6.54. The van der Waals surface area contributed by atoms with Crippen LogP contribution in [-0.4, -0.2) is 47.4 Å². The number of amides is 1. The van der Waals surface area contributed by atoms with E-state index in [2.05, 4.69) is 29.2 Å². The van der Waals surface area contributed by atoms with Gasteiger partial charge in [0.05, 0.1) is 12.6 Å². The molecule has 1 aromatic heterocycles. The minimum Gasteiger partial charge on any atom is -0.440 e. The van der Waals surface area contributed by atoms with Crippen molar-refractivity contribution < 1.29 is 9.21 Å². The first-order chi connectivity index (χ1) is 16.2. The minimum absolute atomic E-state index is 0.113. The number of nitrogens with zero attached hydrogens (tertiary/aromatic N) is 3. The van der Waals surface area contributed by atoms with Gasteiger partial charge in [-0.2, -0.15) is 0 Å². The standard InChI is InChI=1S/C28H29N3O2/c1-30(27(21-11-4-2-5-12-21)22-13-6-3-7-14-22)26(32)20-31-18-10-15-23(19-31)28-29-24-16-8-9-17-25(24)33-28/h2-9,11-14,16-17,23,27H,10,15,18-20H2,1H3. The zero-order valence-electron chi connectivity index (χ0n) is 18.9. The fraction of sp³-hybridized carbons (Fsp3) is 0.286. The molecule has 1 atom stereocenters. The van der Waals surface area contributed by atoms with E-state index in [1.807, 2.05) is 72.6 Å². The Morgan fingerprint density at radius 2 is 1.64 bits per heavy atom. The van der Waals surface area contributed by atoms with Crippen LogP contribution in [0, 0.1) is 0 Å². The molecular weight excluding hydrogens is 410 g/mol. The second kappa shape index (κ2) is 9.59. The number of carbonyl (C=O) groups is 1. The summed E-state index contributed by atoms with van der Waals surface area (Å²) in [7, 11) is 1.91. The molecule has 0 saturated carbocycles. The molecule has 5 nitrogen and oxygen atoms in total. The van der Waals surface area contributed by atoms with Gasteiger partial charge >= 0.3 is 0 Å². The lowest BCUT2D eigenvalue weighted by molar-refractivity contribution is -0.133. The van der Waals surface area contributed by atoms with Crippen molar-refractivity contribution in [3.63, 3.8) is 0 Å². The van der Waals surface area contributed by atoms with Crippen LogP contribution < -0.4 is 0 Å². The second-order valence-corrected chi connectivity index (χ2v) is 8.82. The van der Waals surface area contributed by atoms with Crippen molar-refractivity contribution in [2.45, 2.75) is 24.8 Å². The summed E-state index contributed by atoms with van der Waals surface area (Å²) in [6, 6.07) is 28.2. The maximum Gasteiger partial charge on any atom is 0.237 e. The van der Waals surface area contributed by atoms with E-state index in [1.54, 1.807) is 0 Å². The Hall–Kier alpha value is -3.44. The summed E-state index contributed by atoms with van der Waals surface area (Å²) in [5.74, 6) is 1.11. The van der Waals surface area contributed by atoms with Crippen molar-refractivity contribution in [1.82, 2.24) is 14.8 Å². The molecule has 0 N–H and O–H groups in total. The van der Waals surface area contributed by atoms with E-state index in [1.165, 1.54) is 0 Å². The van der Waals surface area contributed by atoms with Crippen LogP contribution in [-0.2, 0) is 4.79 Å². The summed E-state index contributed by atoms with van der Waals surface area (Å²) in [6.45, 7) is 2.09. The summed E-state index contributed by atoms with van der Waals surface area (Å²) in [4.78, 5) is 22.3. The molecule has 1 aliphatic heterocycles. The molecule has 1 amide bonds. The van der Waals surface area contributed by atoms with Gasteiger partial charge in [0.15, 0.2) is 11.5 Å². The SMILES string of the molecule is CN(C(=O)CN1CCCC(c2nc3ccccc3o2)C1)C(c1ccccc1)c1ccccc1. The Balaban J connectivity index is 1.31. The van der Waals surface area contributed by atoms with Gasteiger partial charge in [-0.1, -0.05) is 72.8 Å². The van der Waals surface area contributed by atoms with Gasteiger partial charge in [-0.3, -0.25) is 9.69 Å². The van der Waals surface area contributed by atoms with Crippen molar-refractivity contribution in [3.05, 3.63) is 102 Å². The number of para-hydroxylation sites is 2. The molecular formula is C28H29N3O2. The maximum atomic E-state index is 13.4. The number of benzene rings is 3. The molecule has 0 spiro atoms. The molecule has 1 saturated heterocycles. The molecule has 3 aromatic carbocycles. The average Bonchev–Trinajstić information content (AvgIpc) is 3.30. The van der Waals surface area contributed by atoms with Crippen LogP contribution in [0.1, 0.15) is 41.8 Å². The molecule has 0 aliphatic carbocycles. The molecule has 1 unspecified atom stereocenters. The Labute approximate surface area is 194 Å². The Morgan fingerprint density at radius 3 is 2.30 bits per heavy atom. The van der Waals surface area contributed by atoms with Crippen LogP contribution in [0.3, 0.4) is 0 Å². The van der Waals surface area contributed by atoms with Crippen LogP contribution in [0.15, 0.2) is 89.3 Å². The predicted molar refractivity (Wildman–Crippen MR) is 130 cm³/mol. The van der Waals surface area contributed by atoms with Gasteiger partial charge in [0.25, 0.3) is 0 Å². The first-order valence-corrected chi connectivity index (χ1v) is 11.6. The molecule has 0 radical (unpaired) electrons. The normalized spacial score (nSPS) is 16.8. The molecule has 2 heterocycles. The van der Waals surface area contributed by atoms with Crippen molar-refractivity contribution in [1.29, 1.82) is 0 Å². The smallest absolute Gasteiger partial charge is 0.237 e. The van der Waals surface area contributed by atoms with E-state index in [4.69, 9.17) is 9.40 Å². The molecule has 33 heavy (non-hydrogen) atoms. The minimum atomic E-state index is -0.113. The number of hydrogen-bond donors (Lipinski definition) is 0. The maximum absolute atomic E-state index is 13.4. The van der Waals surface area contributed by atoms with Crippen molar-refractivity contribution in [2.75, 3.05) is 26.7 Å². The molecule has 5 heteroatoms. The zero-order valence-corrected chi connectivity index (χ0v) is 18.9. The van der Waals surface area contributed by atoms with Crippen molar-refractivity contribution >= 4 is 17.0 Å². The van der Waals surface area contributed by atoms with Gasteiger partial charge < -0.3 is 9.32 Å². The summed E-state index contributed by atoms with van der Waals surface area (Å²) in [5, 5.41) is 0. The molecule has 1 aliphatic rings. The highest BCUT2D eigenvalue weighted by atomic mass is 16.3. The van der Waals surface area contributed by atoms with Crippen LogP contribution in [0.5, 0.6) is 0 Å². The van der Waals surface area contributed by atoms with Crippen molar-refractivity contribution in [2.24, 2.45) is 0 Å². The third-order valence-electron chi connectivity index (χ3n) is 6.54. The number of fused-ring (bicyclic) bond motifs is 1. The average molecular weight is 440 g/mol. The van der Waals surface area contributed by atoms with E-state index in [9.17, 15) is 4.79 Å². The summed E-state index contributed by atoms with van der Waals surface area (Å²) < 4.78 is 6.03. The van der Waals surface area contributed by atoms with E-state index < -0.39 is 0 Å². The Kier molecular flexibility index (Phi) is 6.22. The fourth-order valence-electron chi connectivity index (χ4n) is 4.82. The molecule has 168 valence electrons. The fourth-order valence-corrected chi connectivity index (χ4v) is 4.82. The number of likely N-dealkylation sites (N-methyl/N-ethyl adjacent to an activating group) is 1. The van der Waals surface area contributed by atoms with Gasteiger partial charge in [-0.25, -0.2) is 4.98 Å².